The summed E-state index contributed by atoms with van der Waals surface area (Å²) < 4.78 is 42.7. The van der Waals surface area contributed by atoms with Gasteiger partial charge in [-0.25, -0.2) is 0 Å². The molecule has 0 atom stereocenters. The number of aryl methyl sites for hydroxylation is 1. The summed E-state index contributed by atoms with van der Waals surface area (Å²) in [5, 5.41) is 0. The first-order valence-electron chi connectivity index (χ1n) is 5.80. The molecule has 0 aliphatic rings. The molecule has 20 heavy (non-hydrogen) atoms. The van der Waals surface area contributed by atoms with Crippen LogP contribution in [0.15, 0.2) is 42.5 Å². The van der Waals surface area contributed by atoms with Crippen molar-refractivity contribution in [1.82, 2.24) is 4.98 Å². The van der Waals surface area contributed by atoms with E-state index in [0.717, 1.165) is 23.5 Å². The number of benzene rings is 1. The summed E-state index contributed by atoms with van der Waals surface area (Å²) in [6.45, 7) is -2.85. The second-order valence-electron chi connectivity index (χ2n) is 4.20. The van der Waals surface area contributed by atoms with Crippen LogP contribution >= 0.6 is 0 Å². The molecule has 0 amide bonds. The molecular weight excluding hydrogens is 293 g/mol. The number of pyridine rings is 1. The van der Waals surface area contributed by atoms with E-state index in [9.17, 15) is 12.9 Å². The Labute approximate surface area is 158 Å². The van der Waals surface area contributed by atoms with E-state index in [4.69, 9.17) is 4.74 Å². The Morgan fingerprint density at radius 1 is 1.05 bits per heavy atom. The number of aromatic nitrogens is 1. The minimum atomic E-state index is -4.95. The molecule has 0 N–H and O–H groups in total. The fourth-order valence-corrected chi connectivity index (χ4v) is 1.62. The summed E-state index contributed by atoms with van der Waals surface area (Å²) in [5.41, 5.74) is 0.987. The van der Waals surface area contributed by atoms with Crippen molar-refractivity contribution in [2.24, 2.45) is 0 Å². The molecular formula is C13H12BF3KNO. The van der Waals surface area contributed by atoms with Crippen molar-refractivity contribution >= 4 is 12.4 Å². The minimum absolute atomic E-state index is 0. The Morgan fingerprint density at radius 2 is 1.70 bits per heavy atom. The molecule has 0 fully saturated rings. The topological polar surface area (TPSA) is 22.1 Å². The molecule has 0 radical (unpaired) electrons. The molecule has 2 rings (SSSR count). The predicted octanol–water partition coefficient (Wildman–Crippen LogP) is 0.0274. The van der Waals surface area contributed by atoms with Gasteiger partial charge >= 0.3 is 58.4 Å². The smallest absolute Gasteiger partial charge is 0.487 e. The first-order chi connectivity index (χ1) is 8.95. The fraction of sp³-hybridized carbons (Fsp3) is 0.154. The summed E-state index contributed by atoms with van der Waals surface area (Å²) in [4.78, 5) is 4.24. The van der Waals surface area contributed by atoms with Crippen LogP contribution in [0.4, 0.5) is 12.9 Å². The van der Waals surface area contributed by atoms with Crippen LogP contribution in [0.2, 0.25) is 0 Å². The van der Waals surface area contributed by atoms with Crippen LogP contribution < -0.4 is 61.6 Å². The van der Waals surface area contributed by atoms with Crippen molar-refractivity contribution < 1.29 is 69.1 Å². The third-order valence-corrected chi connectivity index (χ3v) is 2.59. The molecule has 7 heteroatoms. The quantitative estimate of drug-likeness (QED) is 0.744. The molecule has 0 spiro atoms. The Bertz CT molecular complexity index is 560. The molecule has 100 valence electrons. The summed E-state index contributed by atoms with van der Waals surface area (Å²) in [5.74, 6) is 0.395. The molecule has 2 nitrogen and oxygen atoms in total. The molecule has 0 aliphatic carbocycles. The average molecular weight is 305 g/mol. The Hall–Kier alpha value is -0.339. The van der Waals surface area contributed by atoms with Gasteiger partial charge in [0.25, 0.3) is 0 Å². The molecule has 0 unspecified atom stereocenters. The minimum Gasteiger partial charge on any atom is -0.487 e. The van der Waals surface area contributed by atoms with Gasteiger partial charge in [0.05, 0.1) is 5.69 Å². The van der Waals surface area contributed by atoms with E-state index < -0.39 is 12.4 Å². The average Bonchev–Trinajstić information content (AvgIpc) is 2.36. The fourth-order valence-electron chi connectivity index (χ4n) is 1.62. The first-order valence-corrected chi connectivity index (χ1v) is 5.80. The largest absolute Gasteiger partial charge is 1.00 e. The summed E-state index contributed by atoms with van der Waals surface area (Å²) in [7, 11) is 0. The molecule has 2 aromatic rings. The molecule has 1 aromatic heterocycles. The summed E-state index contributed by atoms with van der Waals surface area (Å²) >= 11 is 0. The first kappa shape index (κ1) is 17.7. The predicted molar refractivity (Wildman–Crippen MR) is 68.5 cm³/mol. The summed E-state index contributed by atoms with van der Waals surface area (Å²) in [6, 6.07) is 10.2. The van der Waals surface area contributed by atoms with Crippen molar-refractivity contribution in [2.75, 3.05) is 0 Å². The molecule has 0 aliphatic heterocycles. The third kappa shape index (κ3) is 5.22. The number of halogens is 3. The van der Waals surface area contributed by atoms with Gasteiger partial charge in [0.15, 0.2) is 0 Å². The zero-order valence-corrected chi connectivity index (χ0v) is 14.4. The third-order valence-electron chi connectivity index (χ3n) is 2.59. The van der Waals surface area contributed by atoms with Gasteiger partial charge in [-0.3, -0.25) is 4.98 Å². The molecule has 0 saturated carbocycles. The monoisotopic (exact) mass is 305 g/mol. The van der Waals surface area contributed by atoms with E-state index >= 15 is 0 Å². The van der Waals surface area contributed by atoms with Gasteiger partial charge in [0, 0.05) is 5.69 Å². The number of hydrogen-bond acceptors (Lipinski definition) is 2. The van der Waals surface area contributed by atoms with E-state index in [1.165, 1.54) is 12.1 Å². The van der Waals surface area contributed by atoms with E-state index in [0.29, 0.717) is 5.75 Å². The molecule has 0 saturated heterocycles. The van der Waals surface area contributed by atoms with Crippen LogP contribution in [0.5, 0.6) is 5.75 Å². The Kier molecular flexibility index (Phi) is 6.74. The van der Waals surface area contributed by atoms with Crippen molar-refractivity contribution in [3.8, 4) is 5.75 Å². The van der Waals surface area contributed by atoms with Gasteiger partial charge in [0.2, 0.25) is 0 Å². The number of rotatable bonds is 4. The van der Waals surface area contributed by atoms with E-state index in [1.807, 2.05) is 19.1 Å². The van der Waals surface area contributed by atoms with Gasteiger partial charge < -0.3 is 17.7 Å². The van der Waals surface area contributed by atoms with Gasteiger partial charge in [-0.05, 0) is 31.2 Å². The maximum absolute atomic E-state index is 12.4. The standard InChI is InChI=1S/C13H12BF3NO.K/c1-10-3-2-4-12(18-10)9-19-13-7-5-11(6-8-13)14(15,16)17;/h2-8H,9H2,1H3;/q-1;+1. The number of hydrogen-bond donors (Lipinski definition) is 0. The van der Waals surface area contributed by atoms with Crippen LogP contribution in [0, 0.1) is 6.92 Å². The zero-order chi connectivity index (χ0) is 13.9. The zero-order valence-electron chi connectivity index (χ0n) is 11.3. The second kappa shape index (κ2) is 7.61. The van der Waals surface area contributed by atoms with Crippen LogP contribution in [-0.4, -0.2) is 12.0 Å². The molecule has 1 heterocycles. The summed E-state index contributed by atoms with van der Waals surface area (Å²) in [6.07, 6.45) is 0. The van der Waals surface area contributed by atoms with Crippen LogP contribution in [-0.2, 0) is 6.61 Å². The SMILES string of the molecule is Cc1cccc(COc2ccc([B-](F)(F)F)cc2)n1.[K+]. The van der Waals surface area contributed by atoms with Crippen molar-refractivity contribution in [3.63, 3.8) is 0 Å². The van der Waals surface area contributed by atoms with Crippen molar-refractivity contribution in [2.45, 2.75) is 13.5 Å². The maximum Gasteiger partial charge on any atom is 1.00 e. The van der Waals surface area contributed by atoms with Gasteiger partial charge in [-0.1, -0.05) is 18.2 Å². The molecule has 0 bridgehead atoms. The van der Waals surface area contributed by atoms with Crippen LogP contribution in [0.25, 0.3) is 0 Å². The number of ether oxygens (including phenoxy) is 1. The normalized spacial score (nSPS) is 10.8. The molecule has 1 aromatic carbocycles. The van der Waals surface area contributed by atoms with Crippen LogP contribution in [0.1, 0.15) is 11.4 Å². The van der Waals surface area contributed by atoms with Gasteiger partial charge in [0.1, 0.15) is 12.4 Å². The second-order valence-corrected chi connectivity index (χ2v) is 4.20. The van der Waals surface area contributed by atoms with Crippen molar-refractivity contribution in [3.05, 3.63) is 53.9 Å². The van der Waals surface area contributed by atoms with E-state index in [1.54, 1.807) is 6.07 Å². The number of nitrogens with zero attached hydrogens (tertiary/aromatic N) is 1. The Balaban J connectivity index is 0.00000200. The van der Waals surface area contributed by atoms with Crippen LogP contribution in [0.3, 0.4) is 0 Å². The maximum atomic E-state index is 12.4. The Morgan fingerprint density at radius 3 is 2.25 bits per heavy atom. The van der Waals surface area contributed by atoms with Crippen molar-refractivity contribution in [1.29, 1.82) is 0 Å². The van der Waals surface area contributed by atoms with E-state index in [2.05, 4.69) is 4.98 Å². The van der Waals surface area contributed by atoms with Gasteiger partial charge in [-0.2, -0.15) is 0 Å². The van der Waals surface area contributed by atoms with Gasteiger partial charge in [-0.15, -0.1) is 5.46 Å². The van der Waals surface area contributed by atoms with E-state index in [-0.39, 0.29) is 58.0 Å².